The quantitative estimate of drug-likeness (QED) is 0.783. The van der Waals surface area contributed by atoms with Crippen LogP contribution in [-0.2, 0) is 14.6 Å². The molecule has 20 heavy (non-hydrogen) atoms. The number of hydrogen-bond acceptors (Lipinski definition) is 4. The Morgan fingerprint density at radius 1 is 1.25 bits per heavy atom. The summed E-state index contributed by atoms with van der Waals surface area (Å²) in [6, 6.07) is 0.134. The van der Waals surface area contributed by atoms with Crippen LogP contribution < -0.4 is 5.32 Å². The van der Waals surface area contributed by atoms with Gasteiger partial charge in [0.2, 0.25) is 0 Å². The molecule has 2 aliphatic rings. The summed E-state index contributed by atoms with van der Waals surface area (Å²) in [5.74, 6) is 0.824. The van der Waals surface area contributed by atoms with Crippen molar-refractivity contribution < 1.29 is 13.2 Å². The summed E-state index contributed by atoms with van der Waals surface area (Å²) in [5, 5.41) is 3.19. The average molecular weight is 303 g/mol. The zero-order valence-electron chi connectivity index (χ0n) is 12.8. The van der Waals surface area contributed by atoms with Crippen molar-refractivity contribution in [3.05, 3.63) is 0 Å². The van der Waals surface area contributed by atoms with Crippen LogP contribution in [0.15, 0.2) is 0 Å². The van der Waals surface area contributed by atoms with Gasteiger partial charge in [-0.2, -0.15) is 0 Å². The number of ether oxygens (including phenoxy) is 1. The van der Waals surface area contributed by atoms with E-state index in [1.807, 2.05) is 6.92 Å². The normalized spacial score (nSPS) is 29.9. The Labute approximate surface area is 123 Å². The molecule has 118 valence electrons. The maximum Gasteiger partial charge on any atom is 0.157 e. The summed E-state index contributed by atoms with van der Waals surface area (Å²) in [6.45, 7) is 5.51. The summed E-state index contributed by atoms with van der Waals surface area (Å²) in [4.78, 5) is 0. The van der Waals surface area contributed by atoms with Gasteiger partial charge in [0, 0.05) is 12.6 Å². The van der Waals surface area contributed by atoms with Crippen molar-refractivity contribution in [2.45, 2.75) is 69.8 Å². The maximum absolute atomic E-state index is 12.7. The molecular weight excluding hydrogens is 274 g/mol. The molecule has 1 heterocycles. The van der Waals surface area contributed by atoms with E-state index in [-0.39, 0.29) is 23.1 Å². The van der Waals surface area contributed by atoms with Gasteiger partial charge in [0.25, 0.3) is 0 Å². The first-order chi connectivity index (χ1) is 9.54. The van der Waals surface area contributed by atoms with Gasteiger partial charge < -0.3 is 10.1 Å². The molecule has 3 atom stereocenters. The van der Waals surface area contributed by atoms with Gasteiger partial charge in [-0.05, 0) is 45.1 Å². The van der Waals surface area contributed by atoms with E-state index in [1.165, 1.54) is 25.7 Å². The molecule has 0 aromatic rings. The van der Waals surface area contributed by atoms with E-state index in [4.69, 9.17) is 4.74 Å². The molecule has 1 aliphatic carbocycles. The summed E-state index contributed by atoms with van der Waals surface area (Å²) < 4.78 is 30.7. The molecule has 2 fully saturated rings. The summed E-state index contributed by atoms with van der Waals surface area (Å²) in [5.41, 5.74) is 0. The van der Waals surface area contributed by atoms with Crippen LogP contribution in [0.1, 0.15) is 52.4 Å². The molecule has 0 aromatic heterocycles. The van der Waals surface area contributed by atoms with Crippen molar-refractivity contribution in [3.8, 4) is 0 Å². The predicted molar refractivity (Wildman–Crippen MR) is 81.6 cm³/mol. The molecule has 0 aromatic carbocycles. The first-order valence-corrected chi connectivity index (χ1v) is 9.82. The van der Waals surface area contributed by atoms with Crippen LogP contribution in [0.2, 0.25) is 0 Å². The molecule has 1 saturated heterocycles. The highest BCUT2D eigenvalue weighted by molar-refractivity contribution is 7.92. The molecule has 0 spiro atoms. The van der Waals surface area contributed by atoms with Crippen LogP contribution in [0.5, 0.6) is 0 Å². The lowest BCUT2D eigenvalue weighted by Gasteiger charge is -2.26. The van der Waals surface area contributed by atoms with Gasteiger partial charge in [-0.3, -0.25) is 0 Å². The van der Waals surface area contributed by atoms with E-state index in [1.54, 1.807) is 0 Å². The molecular formula is C15H29NO3S. The fourth-order valence-electron chi connectivity index (χ4n) is 3.61. The second-order valence-electron chi connectivity index (χ2n) is 6.34. The molecule has 1 aliphatic heterocycles. The monoisotopic (exact) mass is 303 g/mol. The van der Waals surface area contributed by atoms with Gasteiger partial charge in [0.15, 0.2) is 9.84 Å². The SMILES string of the molecule is CCCNC(CS(=O)(=O)C1CCOC1C)C1CCCC1. The minimum absolute atomic E-state index is 0.134. The Kier molecular flexibility index (Phi) is 5.87. The Hall–Kier alpha value is -0.130. The molecule has 0 bridgehead atoms. The second-order valence-corrected chi connectivity index (χ2v) is 8.60. The number of hydrogen-bond donors (Lipinski definition) is 1. The lowest BCUT2D eigenvalue weighted by molar-refractivity contribution is 0.126. The third-order valence-electron chi connectivity index (χ3n) is 4.81. The van der Waals surface area contributed by atoms with Crippen LogP contribution in [0.3, 0.4) is 0 Å². The number of nitrogens with one attached hydrogen (secondary N) is 1. The van der Waals surface area contributed by atoms with Gasteiger partial charge >= 0.3 is 0 Å². The van der Waals surface area contributed by atoms with Crippen molar-refractivity contribution in [1.29, 1.82) is 0 Å². The Balaban J connectivity index is 2.01. The van der Waals surface area contributed by atoms with Crippen molar-refractivity contribution in [2.24, 2.45) is 5.92 Å². The fraction of sp³-hybridized carbons (Fsp3) is 1.00. The van der Waals surface area contributed by atoms with Gasteiger partial charge in [-0.25, -0.2) is 8.42 Å². The third kappa shape index (κ3) is 3.95. The Bertz CT molecular complexity index is 390. The van der Waals surface area contributed by atoms with E-state index in [9.17, 15) is 8.42 Å². The van der Waals surface area contributed by atoms with Gasteiger partial charge in [-0.1, -0.05) is 19.8 Å². The highest BCUT2D eigenvalue weighted by atomic mass is 32.2. The molecule has 3 unspecified atom stereocenters. The first kappa shape index (κ1) is 16.2. The van der Waals surface area contributed by atoms with Crippen molar-refractivity contribution in [1.82, 2.24) is 5.32 Å². The lowest BCUT2D eigenvalue weighted by atomic mass is 9.99. The second kappa shape index (κ2) is 7.23. The van der Waals surface area contributed by atoms with Gasteiger partial charge in [0.1, 0.15) is 0 Å². The van der Waals surface area contributed by atoms with Crippen molar-refractivity contribution in [2.75, 3.05) is 18.9 Å². The topological polar surface area (TPSA) is 55.4 Å². The van der Waals surface area contributed by atoms with E-state index >= 15 is 0 Å². The standard InChI is InChI=1S/C15H29NO3S/c1-3-9-16-14(13-6-4-5-7-13)11-20(17,18)15-8-10-19-12(15)2/h12-16H,3-11H2,1-2H3. The largest absolute Gasteiger partial charge is 0.377 e. The first-order valence-electron chi connectivity index (χ1n) is 8.11. The van der Waals surface area contributed by atoms with Crippen molar-refractivity contribution in [3.63, 3.8) is 0 Å². The summed E-state index contributed by atoms with van der Waals surface area (Å²) in [6.07, 6.45) is 6.41. The Morgan fingerprint density at radius 2 is 1.95 bits per heavy atom. The number of rotatable bonds is 7. The van der Waals surface area contributed by atoms with E-state index in [2.05, 4.69) is 12.2 Å². The van der Waals surface area contributed by atoms with Gasteiger partial charge in [0.05, 0.1) is 17.1 Å². The highest BCUT2D eigenvalue weighted by Gasteiger charge is 2.38. The third-order valence-corrected chi connectivity index (χ3v) is 7.17. The zero-order chi connectivity index (χ0) is 14.6. The molecule has 2 rings (SSSR count). The Morgan fingerprint density at radius 3 is 2.50 bits per heavy atom. The van der Waals surface area contributed by atoms with Crippen LogP contribution in [0.4, 0.5) is 0 Å². The minimum Gasteiger partial charge on any atom is -0.377 e. The van der Waals surface area contributed by atoms with Crippen molar-refractivity contribution >= 4 is 9.84 Å². The maximum atomic E-state index is 12.7. The van der Waals surface area contributed by atoms with E-state index < -0.39 is 9.84 Å². The van der Waals surface area contributed by atoms with Crippen LogP contribution in [-0.4, -0.2) is 44.7 Å². The van der Waals surface area contributed by atoms with E-state index in [0.29, 0.717) is 18.9 Å². The fourth-order valence-corrected chi connectivity index (χ4v) is 5.86. The molecule has 1 N–H and O–H groups in total. The smallest absolute Gasteiger partial charge is 0.157 e. The van der Waals surface area contributed by atoms with E-state index in [0.717, 1.165) is 13.0 Å². The van der Waals surface area contributed by atoms with Crippen LogP contribution >= 0.6 is 0 Å². The number of sulfone groups is 1. The molecule has 0 amide bonds. The average Bonchev–Trinajstić information content (AvgIpc) is 3.05. The summed E-state index contributed by atoms with van der Waals surface area (Å²) in [7, 11) is -3.06. The van der Waals surface area contributed by atoms with Gasteiger partial charge in [-0.15, -0.1) is 0 Å². The summed E-state index contributed by atoms with van der Waals surface area (Å²) >= 11 is 0. The highest BCUT2D eigenvalue weighted by Crippen LogP contribution is 2.30. The predicted octanol–water partition coefficient (Wildman–Crippen LogP) is 2.14. The molecule has 1 saturated carbocycles. The molecule has 4 nitrogen and oxygen atoms in total. The van der Waals surface area contributed by atoms with Crippen LogP contribution in [0.25, 0.3) is 0 Å². The molecule has 0 radical (unpaired) electrons. The molecule has 5 heteroatoms. The minimum atomic E-state index is -3.06. The lowest BCUT2D eigenvalue weighted by Crippen LogP contribution is -2.44. The van der Waals surface area contributed by atoms with Crippen LogP contribution in [0, 0.1) is 5.92 Å². The zero-order valence-corrected chi connectivity index (χ0v) is 13.6.